The summed E-state index contributed by atoms with van der Waals surface area (Å²) < 4.78 is 5.03. The summed E-state index contributed by atoms with van der Waals surface area (Å²) >= 11 is 0. The second kappa shape index (κ2) is 8.91. The third kappa shape index (κ3) is 5.08. The van der Waals surface area contributed by atoms with Gasteiger partial charge in [0.15, 0.2) is 0 Å². The van der Waals surface area contributed by atoms with Gasteiger partial charge in [-0.2, -0.15) is 0 Å². The molecule has 0 bridgehead atoms. The van der Waals surface area contributed by atoms with Crippen LogP contribution in [0.4, 0.5) is 0 Å². The number of hydrogen-bond donors (Lipinski definition) is 0. The first kappa shape index (κ1) is 17.0. The van der Waals surface area contributed by atoms with E-state index >= 15 is 0 Å². The summed E-state index contributed by atoms with van der Waals surface area (Å²) in [5, 5.41) is 0. The molecule has 0 aromatic heterocycles. The summed E-state index contributed by atoms with van der Waals surface area (Å²) in [6, 6.07) is 19.8. The van der Waals surface area contributed by atoms with Crippen LogP contribution >= 0.6 is 0 Å². The minimum absolute atomic E-state index is 0.216. The molecule has 0 spiro atoms. The van der Waals surface area contributed by atoms with Crippen molar-refractivity contribution >= 4 is 5.97 Å². The van der Waals surface area contributed by atoms with Crippen molar-refractivity contribution in [1.29, 1.82) is 0 Å². The molecule has 2 aromatic rings. The standard InChI is InChI=1S/C20H23NO2/c1-3-14-21(16-18-12-8-5-9-13-18)19(20(22)23-2)15-17-10-6-4-7-11-17/h3-13,19H,1,14-16H2,2H3/t19-/m0/s1. The van der Waals surface area contributed by atoms with Gasteiger partial charge in [-0.05, 0) is 17.5 Å². The van der Waals surface area contributed by atoms with Crippen molar-refractivity contribution < 1.29 is 9.53 Å². The van der Waals surface area contributed by atoms with Crippen LogP contribution < -0.4 is 0 Å². The molecule has 2 aromatic carbocycles. The number of rotatable bonds is 8. The second-order valence-corrected chi connectivity index (χ2v) is 5.43. The topological polar surface area (TPSA) is 29.5 Å². The molecule has 0 saturated heterocycles. The van der Waals surface area contributed by atoms with Crippen molar-refractivity contribution in [3.05, 3.63) is 84.4 Å². The van der Waals surface area contributed by atoms with E-state index in [2.05, 4.69) is 23.6 Å². The maximum Gasteiger partial charge on any atom is 0.323 e. The van der Waals surface area contributed by atoms with Crippen molar-refractivity contribution in [3.8, 4) is 0 Å². The Labute approximate surface area is 138 Å². The number of ether oxygens (including phenoxy) is 1. The van der Waals surface area contributed by atoms with Crippen LogP contribution in [-0.2, 0) is 22.5 Å². The quantitative estimate of drug-likeness (QED) is 0.552. The van der Waals surface area contributed by atoms with Crippen molar-refractivity contribution in [2.45, 2.75) is 19.0 Å². The zero-order valence-corrected chi connectivity index (χ0v) is 13.5. The average Bonchev–Trinajstić information content (AvgIpc) is 2.60. The minimum Gasteiger partial charge on any atom is -0.468 e. The number of hydrogen-bond acceptors (Lipinski definition) is 3. The predicted octanol–water partition coefficient (Wildman–Crippen LogP) is 3.46. The van der Waals surface area contributed by atoms with E-state index < -0.39 is 0 Å². The maximum absolute atomic E-state index is 12.3. The van der Waals surface area contributed by atoms with Crippen LogP contribution in [0.3, 0.4) is 0 Å². The predicted molar refractivity (Wildman–Crippen MR) is 93.0 cm³/mol. The first-order chi connectivity index (χ1) is 11.2. The number of nitrogens with zero attached hydrogens (tertiary/aromatic N) is 1. The molecule has 3 heteroatoms. The summed E-state index contributed by atoms with van der Waals surface area (Å²) in [6.07, 6.45) is 2.44. The first-order valence-electron chi connectivity index (χ1n) is 7.75. The molecule has 0 aliphatic rings. The molecule has 120 valence electrons. The summed E-state index contributed by atoms with van der Waals surface area (Å²) in [6.45, 7) is 5.13. The molecule has 2 rings (SSSR count). The molecule has 0 aliphatic heterocycles. The Morgan fingerprint density at radius 3 is 2.17 bits per heavy atom. The van der Waals surface area contributed by atoms with Gasteiger partial charge in [0.05, 0.1) is 7.11 Å². The molecule has 0 saturated carbocycles. The van der Waals surface area contributed by atoms with Gasteiger partial charge in [-0.15, -0.1) is 6.58 Å². The van der Waals surface area contributed by atoms with Gasteiger partial charge in [-0.25, -0.2) is 0 Å². The van der Waals surface area contributed by atoms with Gasteiger partial charge in [0.1, 0.15) is 6.04 Å². The van der Waals surface area contributed by atoms with Crippen molar-refractivity contribution in [3.63, 3.8) is 0 Å². The Morgan fingerprint density at radius 1 is 1.09 bits per heavy atom. The maximum atomic E-state index is 12.3. The Hall–Kier alpha value is -2.39. The zero-order chi connectivity index (χ0) is 16.5. The third-order valence-corrected chi connectivity index (χ3v) is 3.78. The Kier molecular flexibility index (Phi) is 6.57. The average molecular weight is 309 g/mol. The van der Waals surface area contributed by atoms with E-state index in [1.54, 1.807) is 0 Å². The first-order valence-corrected chi connectivity index (χ1v) is 7.75. The summed E-state index contributed by atoms with van der Waals surface area (Å²) in [4.78, 5) is 14.4. The fourth-order valence-electron chi connectivity index (χ4n) is 2.62. The molecule has 1 atom stereocenters. The highest BCUT2D eigenvalue weighted by molar-refractivity contribution is 5.76. The molecule has 0 N–H and O–H groups in total. The largest absolute Gasteiger partial charge is 0.468 e. The second-order valence-electron chi connectivity index (χ2n) is 5.43. The number of esters is 1. The highest BCUT2D eigenvalue weighted by atomic mass is 16.5. The van der Waals surface area contributed by atoms with E-state index in [1.165, 1.54) is 7.11 Å². The Bertz CT molecular complexity index is 610. The van der Waals surface area contributed by atoms with Gasteiger partial charge in [0.25, 0.3) is 0 Å². The zero-order valence-electron chi connectivity index (χ0n) is 13.5. The van der Waals surface area contributed by atoms with Crippen LogP contribution in [0.1, 0.15) is 11.1 Å². The van der Waals surface area contributed by atoms with Crippen LogP contribution in [-0.4, -0.2) is 30.6 Å². The number of benzene rings is 2. The van der Waals surface area contributed by atoms with Crippen LogP contribution in [0, 0.1) is 0 Å². The van der Waals surface area contributed by atoms with Gasteiger partial charge in [0.2, 0.25) is 0 Å². The number of methoxy groups -OCH3 is 1. The summed E-state index contributed by atoms with van der Waals surface area (Å²) in [7, 11) is 1.44. The van der Waals surface area contributed by atoms with E-state index in [4.69, 9.17) is 4.74 Å². The van der Waals surface area contributed by atoms with Crippen LogP contribution in [0.25, 0.3) is 0 Å². The fourth-order valence-corrected chi connectivity index (χ4v) is 2.62. The van der Waals surface area contributed by atoms with Crippen molar-refractivity contribution in [2.75, 3.05) is 13.7 Å². The fraction of sp³-hybridized carbons (Fsp3) is 0.250. The lowest BCUT2D eigenvalue weighted by Crippen LogP contribution is -2.43. The van der Waals surface area contributed by atoms with Crippen LogP contribution in [0.5, 0.6) is 0 Å². The molecular weight excluding hydrogens is 286 g/mol. The lowest BCUT2D eigenvalue weighted by Gasteiger charge is -2.29. The van der Waals surface area contributed by atoms with Gasteiger partial charge in [-0.1, -0.05) is 66.7 Å². The highest BCUT2D eigenvalue weighted by Crippen LogP contribution is 2.14. The minimum atomic E-state index is -0.333. The molecule has 0 heterocycles. The van der Waals surface area contributed by atoms with E-state index in [-0.39, 0.29) is 12.0 Å². The Balaban J connectivity index is 2.21. The van der Waals surface area contributed by atoms with Gasteiger partial charge >= 0.3 is 5.97 Å². The van der Waals surface area contributed by atoms with Gasteiger partial charge in [-0.3, -0.25) is 9.69 Å². The molecule has 3 nitrogen and oxygen atoms in total. The lowest BCUT2D eigenvalue weighted by molar-refractivity contribution is -0.147. The van der Waals surface area contributed by atoms with E-state index in [1.807, 2.05) is 54.6 Å². The van der Waals surface area contributed by atoms with E-state index in [9.17, 15) is 4.79 Å². The SMILES string of the molecule is C=CCN(Cc1ccccc1)[C@@H](Cc1ccccc1)C(=O)OC. The normalized spacial score (nSPS) is 11.9. The molecule has 0 fully saturated rings. The summed E-state index contributed by atoms with van der Waals surface area (Å²) in [5.74, 6) is -0.216. The monoisotopic (exact) mass is 309 g/mol. The molecule has 0 unspecified atom stereocenters. The molecule has 0 amide bonds. The van der Waals surface area contributed by atoms with E-state index in [0.29, 0.717) is 19.5 Å². The molecule has 23 heavy (non-hydrogen) atoms. The Morgan fingerprint density at radius 2 is 1.65 bits per heavy atom. The third-order valence-electron chi connectivity index (χ3n) is 3.78. The molecular formula is C20H23NO2. The summed E-state index contributed by atoms with van der Waals surface area (Å²) in [5.41, 5.74) is 2.28. The van der Waals surface area contributed by atoms with Gasteiger partial charge < -0.3 is 4.74 Å². The molecule has 0 aliphatic carbocycles. The smallest absolute Gasteiger partial charge is 0.323 e. The van der Waals surface area contributed by atoms with Crippen molar-refractivity contribution in [2.24, 2.45) is 0 Å². The van der Waals surface area contributed by atoms with Crippen LogP contribution in [0.15, 0.2) is 73.3 Å². The van der Waals surface area contributed by atoms with Crippen LogP contribution in [0.2, 0.25) is 0 Å². The van der Waals surface area contributed by atoms with Crippen molar-refractivity contribution in [1.82, 2.24) is 4.90 Å². The number of carbonyl (C=O) groups is 1. The lowest BCUT2D eigenvalue weighted by atomic mass is 10.0. The van der Waals surface area contributed by atoms with E-state index in [0.717, 1.165) is 11.1 Å². The highest BCUT2D eigenvalue weighted by Gasteiger charge is 2.26. The number of carbonyl (C=O) groups excluding carboxylic acids is 1. The van der Waals surface area contributed by atoms with Gasteiger partial charge in [0, 0.05) is 13.1 Å². The molecule has 0 radical (unpaired) electrons.